The van der Waals surface area contributed by atoms with Crippen molar-refractivity contribution in [2.24, 2.45) is 17.5 Å². The molecule has 0 aromatic carbocycles. The maximum Gasteiger partial charge on any atom is 0.191 e. The molecule has 0 radical (unpaired) electrons. The van der Waals surface area contributed by atoms with E-state index >= 15 is 0 Å². The van der Waals surface area contributed by atoms with Gasteiger partial charge in [-0.3, -0.25) is 9.67 Å². The highest BCUT2D eigenvalue weighted by Crippen LogP contribution is 2.39. The van der Waals surface area contributed by atoms with Gasteiger partial charge >= 0.3 is 0 Å². The molecule has 1 aromatic heterocycles. The minimum atomic E-state index is 0. The molecule has 1 fully saturated rings. The number of aliphatic hydroxyl groups excluding tert-OH is 1. The Labute approximate surface area is 175 Å². The number of aliphatic imine (C=N–C) groups is 1. The average molecular weight is 477 g/mol. The molecule has 3 N–H and O–H groups in total. The largest absolute Gasteiger partial charge is 0.396 e. The molecule has 6 nitrogen and oxygen atoms in total. The van der Waals surface area contributed by atoms with Crippen molar-refractivity contribution in [3.8, 4) is 0 Å². The number of hydrogen-bond acceptors (Lipinski definition) is 3. The number of guanidine groups is 1. The Bertz CT molecular complexity index is 520. The first kappa shape index (κ1) is 23.2. The van der Waals surface area contributed by atoms with Crippen molar-refractivity contribution in [1.29, 1.82) is 0 Å². The van der Waals surface area contributed by atoms with E-state index in [1.54, 1.807) is 0 Å². The lowest BCUT2D eigenvalue weighted by molar-refractivity contribution is 0.137. The Morgan fingerprint density at radius 2 is 2.08 bits per heavy atom. The summed E-state index contributed by atoms with van der Waals surface area (Å²) in [6.45, 7) is 4.93. The molecular weight excluding hydrogens is 441 g/mol. The number of aromatic nitrogens is 2. The number of aliphatic hydroxyl groups is 1. The minimum Gasteiger partial charge on any atom is -0.396 e. The van der Waals surface area contributed by atoms with Crippen LogP contribution in [-0.4, -0.2) is 47.1 Å². The number of halogens is 1. The van der Waals surface area contributed by atoms with E-state index in [2.05, 4.69) is 28.9 Å². The van der Waals surface area contributed by atoms with Crippen molar-refractivity contribution in [1.82, 2.24) is 20.4 Å². The first-order valence-electron chi connectivity index (χ1n) is 9.78. The summed E-state index contributed by atoms with van der Waals surface area (Å²) in [4.78, 5) is 4.84. The standard InChI is InChI=1S/C19H35N5O.HI/c1-3-20-18(21-12-7-8-17-14-23-24(2)15-17)22-16-19(11-13-25)9-5-4-6-10-19;/h14-15,25H,3-13,16H2,1-2H3,(H2,20,21,22);1H. The first-order valence-corrected chi connectivity index (χ1v) is 9.78. The van der Waals surface area contributed by atoms with Crippen molar-refractivity contribution < 1.29 is 5.11 Å². The van der Waals surface area contributed by atoms with Crippen LogP contribution in [-0.2, 0) is 13.5 Å². The van der Waals surface area contributed by atoms with Crippen LogP contribution in [0.3, 0.4) is 0 Å². The topological polar surface area (TPSA) is 74.5 Å². The lowest BCUT2D eigenvalue weighted by Crippen LogP contribution is -2.39. The highest BCUT2D eigenvalue weighted by Gasteiger charge is 2.31. The Balaban J connectivity index is 0.00000338. The first-order chi connectivity index (χ1) is 12.2. The van der Waals surface area contributed by atoms with Crippen molar-refractivity contribution in [2.45, 2.75) is 58.3 Å². The lowest BCUT2D eigenvalue weighted by atomic mass is 9.72. The quantitative estimate of drug-likeness (QED) is 0.221. The fourth-order valence-electron chi connectivity index (χ4n) is 3.71. The van der Waals surface area contributed by atoms with Crippen LogP contribution in [0.15, 0.2) is 17.4 Å². The third-order valence-corrected chi connectivity index (χ3v) is 5.17. The Hall–Kier alpha value is -0.830. The molecule has 0 amide bonds. The lowest BCUT2D eigenvalue weighted by Gasteiger charge is -2.35. The van der Waals surface area contributed by atoms with Crippen LogP contribution in [0.4, 0.5) is 0 Å². The molecule has 0 aliphatic heterocycles. The predicted octanol–water partition coefficient (Wildman–Crippen LogP) is 2.86. The summed E-state index contributed by atoms with van der Waals surface area (Å²) >= 11 is 0. The number of hydrogen-bond donors (Lipinski definition) is 3. The van der Waals surface area contributed by atoms with E-state index in [1.807, 2.05) is 17.9 Å². The zero-order valence-corrected chi connectivity index (χ0v) is 18.7. The molecule has 1 saturated carbocycles. The SMILES string of the molecule is CCNC(=NCC1(CCO)CCCCC1)NCCCc1cnn(C)c1.I. The van der Waals surface area contributed by atoms with Crippen LogP contribution in [0.5, 0.6) is 0 Å². The van der Waals surface area contributed by atoms with E-state index in [0.29, 0.717) is 0 Å². The van der Waals surface area contributed by atoms with Crippen LogP contribution >= 0.6 is 24.0 Å². The number of nitrogens with zero attached hydrogens (tertiary/aromatic N) is 3. The molecule has 26 heavy (non-hydrogen) atoms. The predicted molar refractivity (Wildman–Crippen MR) is 118 cm³/mol. The van der Waals surface area contributed by atoms with Gasteiger partial charge in [0.05, 0.1) is 6.20 Å². The van der Waals surface area contributed by atoms with E-state index in [9.17, 15) is 5.11 Å². The second kappa shape index (κ2) is 12.5. The van der Waals surface area contributed by atoms with Gasteiger partial charge in [0, 0.05) is 39.5 Å². The van der Waals surface area contributed by atoms with Gasteiger partial charge in [-0.05, 0) is 50.0 Å². The highest BCUT2D eigenvalue weighted by molar-refractivity contribution is 14.0. The Morgan fingerprint density at radius 3 is 2.69 bits per heavy atom. The van der Waals surface area contributed by atoms with Gasteiger partial charge in [0.15, 0.2) is 5.96 Å². The number of aryl methyl sites for hydroxylation is 2. The zero-order chi connectivity index (χ0) is 18.0. The number of rotatable bonds is 9. The van der Waals surface area contributed by atoms with E-state index in [-0.39, 0.29) is 36.0 Å². The Kier molecular flexibility index (Phi) is 11.2. The third kappa shape index (κ3) is 7.82. The van der Waals surface area contributed by atoms with Crippen LogP contribution in [0.1, 0.15) is 57.4 Å². The maximum absolute atomic E-state index is 9.45. The number of nitrogens with one attached hydrogen (secondary N) is 2. The molecule has 1 aliphatic rings. The molecule has 1 aromatic rings. The van der Waals surface area contributed by atoms with Gasteiger partial charge in [0.1, 0.15) is 0 Å². The molecule has 0 unspecified atom stereocenters. The van der Waals surface area contributed by atoms with Crippen molar-refractivity contribution in [2.75, 3.05) is 26.2 Å². The second-order valence-corrected chi connectivity index (χ2v) is 7.28. The van der Waals surface area contributed by atoms with E-state index in [4.69, 9.17) is 4.99 Å². The van der Waals surface area contributed by atoms with Crippen molar-refractivity contribution in [3.63, 3.8) is 0 Å². The van der Waals surface area contributed by atoms with Gasteiger partial charge < -0.3 is 15.7 Å². The average Bonchev–Trinajstić information content (AvgIpc) is 3.03. The third-order valence-electron chi connectivity index (χ3n) is 5.17. The van der Waals surface area contributed by atoms with E-state index in [0.717, 1.165) is 44.9 Å². The molecule has 1 aliphatic carbocycles. The Morgan fingerprint density at radius 1 is 1.31 bits per heavy atom. The van der Waals surface area contributed by atoms with Crippen molar-refractivity contribution in [3.05, 3.63) is 18.0 Å². The smallest absolute Gasteiger partial charge is 0.191 e. The summed E-state index contributed by atoms with van der Waals surface area (Å²) in [5.41, 5.74) is 1.47. The second-order valence-electron chi connectivity index (χ2n) is 7.28. The van der Waals surface area contributed by atoms with Crippen molar-refractivity contribution >= 4 is 29.9 Å². The molecular formula is C19H36IN5O. The maximum atomic E-state index is 9.45. The summed E-state index contributed by atoms with van der Waals surface area (Å²) in [7, 11) is 1.95. The van der Waals surface area contributed by atoms with E-state index in [1.165, 1.54) is 37.7 Å². The van der Waals surface area contributed by atoms with Crippen LogP contribution in [0, 0.1) is 5.41 Å². The molecule has 0 atom stereocenters. The molecule has 2 rings (SSSR count). The van der Waals surface area contributed by atoms with Gasteiger partial charge in [0.25, 0.3) is 0 Å². The monoisotopic (exact) mass is 477 g/mol. The van der Waals surface area contributed by atoms with Crippen LogP contribution < -0.4 is 10.6 Å². The minimum absolute atomic E-state index is 0. The molecule has 0 bridgehead atoms. The van der Waals surface area contributed by atoms with Gasteiger partial charge in [0.2, 0.25) is 0 Å². The van der Waals surface area contributed by atoms with Gasteiger partial charge in [-0.25, -0.2) is 0 Å². The fourth-order valence-corrected chi connectivity index (χ4v) is 3.71. The molecule has 7 heteroatoms. The molecule has 150 valence electrons. The summed E-state index contributed by atoms with van der Waals surface area (Å²) in [5.74, 6) is 0.900. The normalized spacial score (nSPS) is 16.8. The van der Waals surface area contributed by atoms with Gasteiger partial charge in [-0.2, -0.15) is 5.10 Å². The summed E-state index contributed by atoms with van der Waals surface area (Å²) < 4.78 is 1.85. The summed E-state index contributed by atoms with van der Waals surface area (Å²) in [6.07, 6.45) is 13.2. The summed E-state index contributed by atoms with van der Waals surface area (Å²) in [6, 6.07) is 0. The fraction of sp³-hybridized carbons (Fsp3) is 0.789. The van der Waals surface area contributed by atoms with E-state index < -0.39 is 0 Å². The van der Waals surface area contributed by atoms with Crippen LogP contribution in [0.2, 0.25) is 0 Å². The van der Waals surface area contributed by atoms with Gasteiger partial charge in [-0.1, -0.05) is 19.3 Å². The molecule has 0 spiro atoms. The highest BCUT2D eigenvalue weighted by atomic mass is 127. The molecule has 1 heterocycles. The van der Waals surface area contributed by atoms with Crippen LogP contribution in [0.25, 0.3) is 0 Å². The molecule has 0 saturated heterocycles. The van der Waals surface area contributed by atoms with Gasteiger partial charge in [-0.15, -0.1) is 24.0 Å². The zero-order valence-electron chi connectivity index (χ0n) is 16.3. The summed E-state index contributed by atoms with van der Waals surface area (Å²) in [5, 5.41) is 20.4.